The van der Waals surface area contributed by atoms with E-state index in [1.54, 1.807) is 0 Å². The van der Waals surface area contributed by atoms with Crippen LogP contribution in [0.5, 0.6) is 5.75 Å². The lowest BCUT2D eigenvalue weighted by Crippen LogP contribution is -2.44. The van der Waals surface area contributed by atoms with Crippen molar-refractivity contribution in [3.63, 3.8) is 0 Å². The zero-order chi connectivity index (χ0) is 21.3. The minimum absolute atomic E-state index is 0.144. The summed E-state index contributed by atoms with van der Waals surface area (Å²) in [5, 5.41) is 0.314. The predicted octanol–water partition coefficient (Wildman–Crippen LogP) is 6.95. The van der Waals surface area contributed by atoms with E-state index in [1.165, 1.54) is 11.1 Å². The molecule has 1 aromatic carbocycles. The normalized spacial score (nSPS) is 14.6. The van der Waals surface area contributed by atoms with Crippen molar-refractivity contribution in [1.82, 2.24) is 0 Å². The zero-order valence-electron chi connectivity index (χ0n) is 19.4. The first-order valence-electron chi connectivity index (χ1n) is 9.92. The number of hydrogen-bond acceptors (Lipinski definition) is 2. The molecule has 0 aromatic heterocycles. The van der Waals surface area contributed by atoms with Crippen LogP contribution in [0.3, 0.4) is 0 Å². The molecule has 0 saturated heterocycles. The van der Waals surface area contributed by atoms with Gasteiger partial charge in [-0.25, -0.2) is 0 Å². The molecule has 0 spiro atoms. The third-order valence-electron chi connectivity index (χ3n) is 6.14. The molecular formula is C23H40O2Si2. The van der Waals surface area contributed by atoms with Gasteiger partial charge in [0.05, 0.1) is 0 Å². The lowest BCUT2D eigenvalue weighted by molar-refractivity contribution is 0.234. The average Bonchev–Trinajstić information content (AvgIpc) is 2.42. The highest BCUT2D eigenvalue weighted by Crippen LogP contribution is 2.39. The van der Waals surface area contributed by atoms with E-state index in [0.717, 1.165) is 12.2 Å². The van der Waals surface area contributed by atoms with Gasteiger partial charge in [0.1, 0.15) is 11.9 Å². The monoisotopic (exact) mass is 404 g/mol. The van der Waals surface area contributed by atoms with Crippen molar-refractivity contribution in [2.75, 3.05) is 0 Å². The van der Waals surface area contributed by atoms with Crippen LogP contribution in [0.4, 0.5) is 0 Å². The van der Waals surface area contributed by atoms with Crippen molar-refractivity contribution in [2.24, 2.45) is 0 Å². The highest BCUT2D eigenvalue weighted by Gasteiger charge is 2.40. The SMILES string of the molecule is C#C[C@@H](Cc1cc(C)cc(O[Si](C)(C)C(C)(C)C)c1)O[Si](C)(C)C(C)(C)C. The summed E-state index contributed by atoms with van der Waals surface area (Å²) >= 11 is 0. The molecule has 2 nitrogen and oxygen atoms in total. The van der Waals surface area contributed by atoms with Crippen LogP contribution in [0.15, 0.2) is 18.2 Å². The van der Waals surface area contributed by atoms with Crippen molar-refractivity contribution >= 4 is 16.6 Å². The van der Waals surface area contributed by atoms with Crippen LogP contribution in [-0.4, -0.2) is 22.7 Å². The fourth-order valence-corrected chi connectivity index (χ4v) is 4.56. The van der Waals surface area contributed by atoms with E-state index in [1.807, 2.05) is 0 Å². The fourth-order valence-electron chi connectivity index (χ4n) is 2.33. The molecule has 0 unspecified atom stereocenters. The van der Waals surface area contributed by atoms with Gasteiger partial charge >= 0.3 is 0 Å². The Hall–Kier alpha value is -1.03. The molecule has 1 rings (SSSR count). The molecule has 0 fully saturated rings. The number of rotatable bonds is 6. The van der Waals surface area contributed by atoms with Gasteiger partial charge in [-0.3, -0.25) is 0 Å². The molecule has 0 amide bonds. The van der Waals surface area contributed by atoms with Crippen LogP contribution in [0.1, 0.15) is 52.7 Å². The molecule has 0 saturated carbocycles. The maximum atomic E-state index is 6.51. The summed E-state index contributed by atoms with van der Waals surface area (Å²) < 4.78 is 13.0. The van der Waals surface area contributed by atoms with E-state index in [2.05, 4.69) is 98.8 Å². The summed E-state index contributed by atoms with van der Waals surface area (Å²) in [6, 6.07) is 6.47. The second-order valence-corrected chi connectivity index (χ2v) is 20.2. The first-order valence-corrected chi connectivity index (χ1v) is 15.7. The summed E-state index contributed by atoms with van der Waals surface area (Å²) in [6.45, 7) is 24.7. The smallest absolute Gasteiger partial charge is 0.250 e. The van der Waals surface area contributed by atoms with Gasteiger partial charge in [0, 0.05) is 6.42 Å². The Morgan fingerprint density at radius 2 is 1.44 bits per heavy atom. The van der Waals surface area contributed by atoms with E-state index in [-0.39, 0.29) is 16.2 Å². The summed E-state index contributed by atoms with van der Waals surface area (Å²) in [5.41, 5.74) is 2.38. The Morgan fingerprint density at radius 3 is 1.89 bits per heavy atom. The summed E-state index contributed by atoms with van der Waals surface area (Å²) in [7, 11) is -3.77. The van der Waals surface area contributed by atoms with E-state index in [9.17, 15) is 0 Å². The van der Waals surface area contributed by atoms with Crippen molar-refractivity contribution in [2.45, 2.75) is 97.3 Å². The molecule has 1 atom stereocenters. The van der Waals surface area contributed by atoms with Gasteiger partial charge in [0.15, 0.2) is 8.32 Å². The van der Waals surface area contributed by atoms with Gasteiger partial charge in [-0.1, -0.05) is 53.5 Å². The third-order valence-corrected chi connectivity index (χ3v) is 15.0. The Bertz CT molecular complexity index is 686. The molecule has 0 aliphatic carbocycles. The van der Waals surface area contributed by atoms with Crippen LogP contribution in [0, 0.1) is 19.3 Å². The Morgan fingerprint density at radius 1 is 0.926 bits per heavy atom. The molecule has 0 radical (unpaired) electrons. The number of aryl methyl sites for hydroxylation is 1. The van der Waals surface area contributed by atoms with Crippen LogP contribution in [-0.2, 0) is 10.8 Å². The Labute approximate surface area is 170 Å². The van der Waals surface area contributed by atoms with E-state index >= 15 is 0 Å². The molecule has 4 heteroatoms. The van der Waals surface area contributed by atoms with Gasteiger partial charge < -0.3 is 8.85 Å². The van der Waals surface area contributed by atoms with Crippen molar-refractivity contribution in [1.29, 1.82) is 0 Å². The maximum absolute atomic E-state index is 6.51. The molecule has 0 bridgehead atoms. The van der Waals surface area contributed by atoms with Gasteiger partial charge in [-0.2, -0.15) is 0 Å². The Kier molecular flexibility index (Phi) is 7.25. The van der Waals surface area contributed by atoms with Crippen LogP contribution in [0.2, 0.25) is 36.3 Å². The zero-order valence-corrected chi connectivity index (χ0v) is 21.4. The average molecular weight is 405 g/mol. The van der Waals surface area contributed by atoms with Crippen LogP contribution in [0.25, 0.3) is 0 Å². The predicted molar refractivity (Wildman–Crippen MR) is 124 cm³/mol. The molecule has 0 aliphatic heterocycles. The molecular weight excluding hydrogens is 364 g/mol. The van der Waals surface area contributed by atoms with Crippen LogP contribution < -0.4 is 4.43 Å². The van der Waals surface area contributed by atoms with Crippen molar-refractivity contribution < 1.29 is 8.85 Å². The number of hydrogen-bond donors (Lipinski definition) is 0. The highest BCUT2D eigenvalue weighted by atomic mass is 28.4. The quantitative estimate of drug-likeness (QED) is 0.377. The van der Waals surface area contributed by atoms with Crippen LogP contribution >= 0.6 is 0 Å². The van der Waals surface area contributed by atoms with Gasteiger partial charge in [0.2, 0.25) is 8.32 Å². The maximum Gasteiger partial charge on any atom is 0.250 e. The van der Waals surface area contributed by atoms with E-state index in [4.69, 9.17) is 15.3 Å². The summed E-state index contributed by atoms with van der Waals surface area (Å²) in [6.07, 6.45) is 6.35. The molecule has 27 heavy (non-hydrogen) atoms. The molecule has 0 heterocycles. The highest BCUT2D eigenvalue weighted by molar-refractivity contribution is 6.75. The number of terminal acetylenes is 1. The lowest BCUT2D eigenvalue weighted by Gasteiger charge is -2.38. The fraction of sp³-hybridized carbons (Fsp3) is 0.652. The number of benzene rings is 1. The van der Waals surface area contributed by atoms with Crippen molar-refractivity contribution in [3.05, 3.63) is 29.3 Å². The Balaban J connectivity index is 3.05. The minimum atomic E-state index is -1.90. The first kappa shape index (κ1) is 24.0. The van der Waals surface area contributed by atoms with E-state index < -0.39 is 16.6 Å². The molecule has 1 aromatic rings. The first-order chi connectivity index (χ1) is 12.0. The molecule has 0 aliphatic rings. The van der Waals surface area contributed by atoms with Crippen molar-refractivity contribution in [3.8, 4) is 18.1 Å². The van der Waals surface area contributed by atoms with Gasteiger partial charge in [0.25, 0.3) is 0 Å². The van der Waals surface area contributed by atoms with Gasteiger partial charge in [-0.15, -0.1) is 6.42 Å². The summed E-state index contributed by atoms with van der Waals surface area (Å²) in [5.74, 6) is 3.83. The second-order valence-electron chi connectivity index (χ2n) is 10.8. The van der Waals surface area contributed by atoms with Gasteiger partial charge in [-0.05, 0) is 66.4 Å². The second kappa shape index (κ2) is 8.15. The topological polar surface area (TPSA) is 18.5 Å². The third kappa shape index (κ3) is 6.52. The molecule has 152 valence electrons. The molecule has 0 N–H and O–H groups in total. The van der Waals surface area contributed by atoms with E-state index in [0.29, 0.717) is 0 Å². The largest absolute Gasteiger partial charge is 0.543 e. The lowest BCUT2D eigenvalue weighted by atomic mass is 10.1. The summed E-state index contributed by atoms with van der Waals surface area (Å²) in [4.78, 5) is 0. The minimum Gasteiger partial charge on any atom is -0.543 e. The standard InChI is InChI=1S/C23H40O2Si2/c1-13-20(24-26(9,10)22(3,4)5)16-19-14-18(2)15-21(17-19)25-27(11,12)23(6,7)8/h1,14-15,17,20H,16H2,2-12H3/t20-/m0/s1.